The van der Waals surface area contributed by atoms with Crippen LogP contribution < -0.4 is 9.64 Å². The average molecular weight is 705 g/mol. The largest absolute Gasteiger partial charge is 0.485 e. The highest BCUT2D eigenvalue weighted by Crippen LogP contribution is 2.48. The van der Waals surface area contributed by atoms with Crippen molar-refractivity contribution in [3.8, 4) is 33.7 Å². The summed E-state index contributed by atoms with van der Waals surface area (Å²) in [6, 6.07) is 70.1. The van der Waals surface area contributed by atoms with E-state index < -0.39 is 0 Å². The third kappa shape index (κ3) is 5.20. The predicted octanol–water partition coefficient (Wildman–Crippen LogP) is 13.5. The van der Waals surface area contributed by atoms with Crippen LogP contribution in [0.25, 0.3) is 55.8 Å². The van der Waals surface area contributed by atoms with E-state index in [1.54, 1.807) is 0 Å². The zero-order valence-corrected chi connectivity index (χ0v) is 30.1. The van der Waals surface area contributed by atoms with Gasteiger partial charge in [-0.1, -0.05) is 133 Å². The van der Waals surface area contributed by atoms with Crippen LogP contribution in [0.15, 0.2) is 200 Å². The van der Waals surface area contributed by atoms with Gasteiger partial charge in [0, 0.05) is 33.4 Å². The fraction of sp³-hybridized carbons (Fsp3) is 0.0385. The lowest BCUT2D eigenvalue weighted by molar-refractivity contribution is 0.267. The van der Waals surface area contributed by atoms with Gasteiger partial charge in [-0.05, 0) is 106 Å². The summed E-state index contributed by atoms with van der Waals surface area (Å²) in [4.78, 5) is 2.42. The van der Waals surface area contributed by atoms with Crippen LogP contribution in [0.5, 0.6) is 5.75 Å². The molecule has 55 heavy (non-hydrogen) atoms. The van der Waals surface area contributed by atoms with Gasteiger partial charge in [0.05, 0.1) is 22.6 Å². The molecule has 0 saturated heterocycles. The minimum absolute atomic E-state index is 0.0487. The molecule has 0 bridgehead atoms. The van der Waals surface area contributed by atoms with E-state index in [9.17, 15) is 0 Å². The number of rotatable bonds is 6. The van der Waals surface area contributed by atoms with Crippen molar-refractivity contribution in [1.82, 2.24) is 4.57 Å². The lowest BCUT2D eigenvalue weighted by Crippen LogP contribution is -2.20. The SMILES string of the molecule is C1=CC2Oc3ccccc3C2c2ccc(-c3ccc(N(c4cccc(-c5ccccc5)c4)c4cccc5c4c4ccccc4n5-c4ccccc4)cc3)cc21. The minimum Gasteiger partial charge on any atom is -0.485 e. The Hall–Kier alpha value is -7.10. The third-order valence-electron chi connectivity index (χ3n) is 11.3. The molecule has 0 saturated carbocycles. The Bertz CT molecular complexity index is 2910. The third-order valence-corrected chi connectivity index (χ3v) is 11.3. The van der Waals surface area contributed by atoms with Crippen LogP contribution in [0, 0.1) is 0 Å². The molecule has 0 amide bonds. The molecule has 2 aliphatic rings. The number of fused-ring (bicyclic) bond motifs is 8. The summed E-state index contributed by atoms with van der Waals surface area (Å²) in [6.07, 6.45) is 4.50. The number of aromatic nitrogens is 1. The molecule has 0 N–H and O–H groups in total. The number of nitrogens with zero attached hydrogens (tertiary/aromatic N) is 2. The van der Waals surface area contributed by atoms with E-state index >= 15 is 0 Å². The normalized spacial score (nSPS) is 15.3. The molecule has 11 rings (SSSR count). The first-order valence-corrected chi connectivity index (χ1v) is 19.0. The molecule has 8 aromatic carbocycles. The Morgan fingerprint density at radius 2 is 1.15 bits per heavy atom. The van der Waals surface area contributed by atoms with Crippen LogP contribution in [0.1, 0.15) is 22.6 Å². The summed E-state index contributed by atoms with van der Waals surface area (Å²) in [5, 5.41) is 2.44. The average Bonchev–Trinajstić information content (AvgIpc) is 3.81. The van der Waals surface area contributed by atoms with Crippen LogP contribution in [-0.4, -0.2) is 10.7 Å². The van der Waals surface area contributed by atoms with E-state index in [1.807, 2.05) is 0 Å². The molecular weight excluding hydrogens is 669 g/mol. The van der Waals surface area contributed by atoms with Gasteiger partial charge in [-0.3, -0.25) is 0 Å². The van der Waals surface area contributed by atoms with Crippen LogP contribution in [0.2, 0.25) is 0 Å². The highest BCUT2D eigenvalue weighted by Gasteiger charge is 2.36. The highest BCUT2D eigenvalue weighted by atomic mass is 16.5. The Balaban J connectivity index is 1.05. The summed E-state index contributed by atoms with van der Waals surface area (Å²) < 4.78 is 8.69. The standard InChI is InChI=1S/C52H36N2O/c1-3-13-35(14-4-1)37-15-11-18-42(34-37)53(47-22-12-23-48-52(47)44-19-7-9-21-46(44)54(48)40-16-5-2-6-17-40)41-29-25-36(26-30-41)38-27-31-43-39(33-38)28-32-50-51(43)45-20-8-10-24-49(45)55-50/h1-34,50-51H. The zero-order valence-electron chi connectivity index (χ0n) is 30.1. The first-order chi connectivity index (χ1) is 27.3. The first kappa shape index (κ1) is 31.4. The van der Waals surface area contributed by atoms with Gasteiger partial charge in [0.25, 0.3) is 0 Å². The van der Waals surface area contributed by atoms with Crippen molar-refractivity contribution >= 4 is 44.9 Å². The molecule has 0 fully saturated rings. The van der Waals surface area contributed by atoms with Crippen LogP contribution in [-0.2, 0) is 0 Å². The van der Waals surface area contributed by atoms with Gasteiger partial charge in [-0.2, -0.15) is 0 Å². The van der Waals surface area contributed by atoms with E-state index in [0.717, 1.165) is 28.5 Å². The Labute approximate surface area is 320 Å². The van der Waals surface area contributed by atoms with E-state index in [2.05, 4.69) is 216 Å². The lowest BCUT2D eigenvalue weighted by Gasteiger charge is -2.27. The fourth-order valence-electron chi connectivity index (χ4n) is 8.84. The second-order valence-electron chi connectivity index (χ2n) is 14.5. The van der Waals surface area contributed by atoms with E-state index in [4.69, 9.17) is 4.74 Å². The van der Waals surface area contributed by atoms with Gasteiger partial charge < -0.3 is 14.2 Å². The maximum atomic E-state index is 6.30. The van der Waals surface area contributed by atoms with Gasteiger partial charge in [0.2, 0.25) is 0 Å². The maximum absolute atomic E-state index is 6.30. The quantitative estimate of drug-likeness (QED) is 0.171. The molecule has 3 heteroatoms. The zero-order chi connectivity index (χ0) is 36.3. The summed E-state index contributed by atoms with van der Waals surface area (Å²) in [7, 11) is 0. The summed E-state index contributed by atoms with van der Waals surface area (Å²) in [6.45, 7) is 0. The molecule has 9 aromatic rings. The molecule has 1 aromatic heterocycles. The van der Waals surface area contributed by atoms with Crippen molar-refractivity contribution in [2.24, 2.45) is 0 Å². The fourth-order valence-corrected chi connectivity index (χ4v) is 8.84. The van der Waals surface area contributed by atoms with Crippen molar-refractivity contribution in [2.45, 2.75) is 12.0 Å². The van der Waals surface area contributed by atoms with E-state index in [0.29, 0.717) is 0 Å². The molecule has 0 spiro atoms. The monoisotopic (exact) mass is 704 g/mol. The van der Waals surface area contributed by atoms with Gasteiger partial charge in [0.1, 0.15) is 11.9 Å². The highest BCUT2D eigenvalue weighted by molar-refractivity contribution is 6.16. The van der Waals surface area contributed by atoms with Crippen LogP contribution in [0.4, 0.5) is 17.1 Å². The molecule has 2 unspecified atom stereocenters. The smallest absolute Gasteiger partial charge is 0.128 e. The minimum atomic E-state index is 0.0487. The predicted molar refractivity (Wildman–Crippen MR) is 228 cm³/mol. The molecule has 260 valence electrons. The maximum Gasteiger partial charge on any atom is 0.128 e. The molecule has 1 aliphatic heterocycles. The van der Waals surface area contributed by atoms with Crippen molar-refractivity contribution in [3.05, 3.63) is 217 Å². The number of ether oxygens (including phenoxy) is 1. The van der Waals surface area contributed by atoms with E-state index in [-0.39, 0.29) is 12.0 Å². The topological polar surface area (TPSA) is 17.4 Å². The van der Waals surface area contributed by atoms with Gasteiger partial charge in [-0.25, -0.2) is 0 Å². The van der Waals surface area contributed by atoms with Gasteiger partial charge >= 0.3 is 0 Å². The number of benzene rings is 8. The Morgan fingerprint density at radius 3 is 2.02 bits per heavy atom. The van der Waals surface area contributed by atoms with Crippen LogP contribution >= 0.6 is 0 Å². The molecular formula is C52H36N2O. The molecule has 2 atom stereocenters. The Morgan fingerprint density at radius 1 is 0.473 bits per heavy atom. The summed E-state index contributed by atoms with van der Waals surface area (Å²) in [5.41, 5.74) is 15.4. The number of hydrogen-bond acceptors (Lipinski definition) is 2. The summed E-state index contributed by atoms with van der Waals surface area (Å²) in [5.74, 6) is 1.22. The molecule has 3 nitrogen and oxygen atoms in total. The molecule has 0 radical (unpaired) electrons. The lowest BCUT2D eigenvalue weighted by atomic mass is 9.81. The number of hydrogen-bond donors (Lipinski definition) is 0. The van der Waals surface area contributed by atoms with Gasteiger partial charge in [-0.15, -0.1) is 0 Å². The first-order valence-electron chi connectivity index (χ1n) is 19.0. The van der Waals surface area contributed by atoms with Crippen molar-refractivity contribution in [2.75, 3.05) is 4.90 Å². The summed E-state index contributed by atoms with van der Waals surface area (Å²) >= 11 is 0. The number of para-hydroxylation sites is 3. The molecule has 1 aliphatic carbocycles. The number of anilines is 3. The van der Waals surface area contributed by atoms with Crippen molar-refractivity contribution in [1.29, 1.82) is 0 Å². The second kappa shape index (κ2) is 12.8. The van der Waals surface area contributed by atoms with Crippen LogP contribution in [0.3, 0.4) is 0 Å². The van der Waals surface area contributed by atoms with Crippen molar-refractivity contribution < 1.29 is 4.74 Å². The Kier molecular flexibility index (Phi) is 7.31. The molecule has 2 heterocycles. The van der Waals surface area contributed by atoms with E-state index in [1.165, 1.54) is 60.8 Å². The van der Waals surface area contributed by atoms with Crippen molar-refractivity contribution in [3.63, 3.8) is 0 Å². The second-order valence-corrected chi connectivity index (χ2v) is 14.5. The van der Waals surface area contributed by atoms with Gasteiger partial charge in [0.15, 0.2) is 0 Å².